The fourth-order valence-electron chi connectivity index (χ4n) is 3.72. The number of rotatable bonds is 6. The van der Waals surface area contributed by atoms with Gasteiger partial charge in [0, 0.05) is 13.3 Å². The molecule has 1 aliphatic heterocycles. The molecule has 2 rings (SSSR count). The molecule has 0 unspecified atom stereocenters. The molecule has 5 nitrogen and oxygen atoms in total. The molecule has 4 atom stereocenters. The van der Waals surface area contributed by atoms with Gasteiger partial charge in [-0.3, -0.25) is 4.79 Å². The van der Waals surface area contributed by atoms with E-state index in [-0.39, 0.29) is 35.6 Å². The molecule has 0 radical (unpaired) electrons. The minimum atomic E-state index is -2.01. The van der Waals surface area contributed by atoms with Crippen LogP contribution in [-0.2, 0) is 23.4 Å². The smallest absolute Gasteiger partial charge is 0.302 e. The lowest BCUT2D eigenvalue weighted by Crippen LogP contribution is -2.56. The standard InChI is InChI=1S/C21H40O5Si/c1-15-20(26-27(6,7)21(3,4)5)18(25-16(2)22)13-19(24-15)23-14-17-11-9-8-10-12-17/h15,17-20H,8-14H2,1-7H3/t15-,18-,19+,20-/m1/s1. The van der Waals surface area contributed by atoms with Crippen LogP contribution in [0, 0.1) is 5.92 Å². The van der Waals surface area contributed by atoms with E-state index in [2.05, 4.69) is 33.9 Å². The summed E-state index contributed by atoms with van der Waals surface area (Å²) in [5, 5.41) is 0.0851. The van der Waals surface area contributed by atoms with Gasteiger partial charge in [0.1, 0.15) is 12.2 Å². The van der Waals surface area contributed by atoms with Crippen LogP contribution >= 0.6 is 0 Å². The Morgan fingerprint density at radius 1 is 1.15 bits per heavy atom. The number of hydrogen-bond acceptors (Lipinski definition) is 5. The minimum Gasteiger partial charge on any atom is -0.460 e. The molecule has 0 amide bonds. The van der Waals surface area contributed by atoms with E-state index in [1.54, 1.807) is 0 Å². The van der Waals surface area contributed by atoms with Crippen molar-refractivity contribution in [3.05, 3.63) is 0 Å². The molecule has 0 aromatic heterocycles. The Morgan fingerprint density at radius 3 is 2.33 bits per heavy atom. The van der Waals surface area contributed by atoms with Crippen molar-refractivity contribution in [2.45, 2.75) is 116 Å². The van der Waals surface area contributed by atoms with Crippen LogP contribution in [0.1, 0.15) is 73.1 Å². The van der Waals surface area contributed by atoms with Crippen LogP contribution in [0.4, 0.5) is 0 Å². The topological polar surface area (TPSA) is 54.0 Å². The lowest BCUT2D eigenvalue weighted by molar-refractivity contribution is -0.250. The number of ether oxygens (including phenoxy) is 3. The molecule has 0 aromatic carbocycles. The highest BCUT2D eigenvalue weighted by Gasteiger charge is 2.46. The van der Waals surface area contributed by atoms with E-state index < -0.39 is 8.32 Å². The predicted molar refractivity (Wildman–Crippen MR) is 109 cm³/mol. The molecule has 2 fully saturated rings. The normalized spacial score (nSPS) is 30.9. The average molecular weight is 401 g/mol. The number of hydrogen-bond donors (Lipinski definition) is 0. The first-order valence-electron chi connectivity index (χ1n) is 10.6. The molecule has 0 aromatic rings. The average Bonchev–Trinajstić information content (AvgIpc) is 2.55. The van der Waals surface area contributed by atoms with E-state index >= 15 is 0 Å². The van der Waals surface area contributed by atoms with Gasteiger partial charge in [0.05, 0.1) is 12.7 Å². The van der Waals surface area contributed by atoms with Crippen molar-refractivity contribution in [3.63, 3.8) is 0 Å². The molecule has 0 N–H and O–H groups in total. The molecule has 1 heterocycles. The first kappa shape index (κ1) is 22.9. The monoisotopic (exact) mass is 400 g/mol. The predicted octanol–water partition coefficient (Wildman–Crippen LogP) is 5.04. The zero-order chi connectivity index (χ0) is 20.2. The molecule has 1 saturated heterocycles. The third-order valence-corrected chi connectivity index (χ3v) is 10.9. The number of esters is 1. The van der Waals surface area contributed by atoms with Crippen LogP contribution < -0.4 is 0 Å². The Morgan fingerprint density at radius 2 is 1.78 bits per heavy atom. The lowest BCUT2D eigenvalue weighted by atomic mass is 9.90. The summed E-state index contributed by atoms with van der Waals surface area (Å²) in [6.07, 6.45) is 5.90. The molecule has 2 aliphatic rings. The van der Waals surface area contributed by atoms with Gasteiger partial charge in [-0.05, 0) is 43.8 Å². The van der Waals surface area contributed by atoms with E-state index in [0.29, 0.717) is 12.3 Å². The van der Waals surface area contributed by atoms with Crippen LogP contribution in [0.5, 0.6) is 0 Å². The number of carbonyl (C=O) groups is 1. The molecule has 0 spiro atoms. The molecule has 27 heavy (non-hydrogen) atoms. The highest BCUT2D eigenvalue weighted by Crippen LogP contribution is 2.40. The first-order chi connectivity index (χ1) is 12.5. The lowest BCUT2D eigenvalue weighted by Gasteiger charge is -2.46. The zero-order valence-corrected chi connectivity index (χ0v) is 19.4. The van der Waals surface area contributed by atoms with Crippen LogP contribution in [0.25, 0.3) is 0 Å². The van der Waals surface area contributed by atoms with Crippen molar-refractivity contribution >= 4 is 14.3 Å². The summed E-state index contributed by atoms with van der Waals surface area (Å²) in [7, 11) is -2.01. The van der Waals surface area contributed by atoms with Gasteiger partial charge in [0.2, 0.25) is 0 Å². The second-order valence-corrected chi connectivity index (χ2v) is 14.6. The van der Waals surface area contributed by atoms with Crippen molar-refractivity contribution in [2.75, 3.05) is 6.61 Å². The Hall–Kier alpha value is -0.433. The van der Waals surface area contributed by atoms with Crippen LogP contribution in [0.3, 0.4) is 0 Å². The molecular weight excluding hydrogens is 360 g/mol. The summed E-state index contributed by atoms with van der Waals surface area (Å²) in [5.41, 5.74) is 0. The summed E-state index contributed by atoms with van der Waals surface area (Å²) < 4.78 is 24.5. The Bertz CT molecular complexity index is 481. The summed E-state index contributed by atoms with van der Waals surface area (Å²) >= 11 is 0. The van der Waals surface area contributed by atoms with Crippen LogP contribution in [0.2, 0.25) is 18.1 Å². The summed E-state index contributed by atoms with van der Waals surface area (Å²) in [6.45, 7) is 15.3. The summed E-state index contributed by atoms with van der Waals surface area (Å²) in [5.74, 6) is 0.356. The number of carbonyl (C=O) groups excluding carboxylic acids is 1. The maximum absolute atomic E-state index is 11.7. The maximum Gasteiger partial charge on any atom is 0.302 e. The quantitative estimate of drug-likeness (QED) is 0.462. The van der Waals surface area contributed by atoms with Crippen molar-refractivity contribution in [2.24, 2.45) is 5.92 Å². The van der Waals surface area contributed by atoms with E-state index in [1.807, 2.05) is 6.92 Å². The van der Waals surface area contributed by atoms with Crippen molar-refractivity contribution in [1.82, 2.24) is 0 Å². The fraction of sp³-hybridized carbons (Fsp3) is 0.952. The van der Waals surface area contributed by atoms with Crippen LogP contribution in [0.15, 0.2) is 0 Å². The molecule has 0 bridgehead atoms. The second kappa shape index (κ2) is 9.38. The fourth-order valence-corrected chi connectivity index (χ4v) is 5.10. The minimum absolute atomic E-state index is 0.0851. The summed E-state index contributed by atoms with van der Waals surface area (Å²) in [4.78, 5) is 11.7. The van der Waals surface area contributed by atoms with Gasteiger partial charge in [0.15, 0.2) is 14.6 Å². The Labute approximate surface area is 166 Å². The highest BCUT2D eigenvalue weighted by atomic mass is 28.4. The van der Waals surface area contributed by atoms with Gasteiger partial charge in [0.25, 0.3) is 0 Å². The van der Waals surface area contributed by atoms with Gasteiger partial charge in [-0.2, -0.15) is 0 Å². The summed E-state index contributed by atoms with van der Waals surface area (Å²) in [6, 6.07) is 0. The van der Waals surface area contributed by atoms with Gasteiger partial charge in [-0.25, -0.2) is 0 Å². The van der Waals surface area contributed by atoms with Crippen molar-refractivity contribution in [1.29, 1.82) is 0 Å². The van der Waals surface area contributed by atoms with E-state index in [1.165, 1.54) is 39.0 Å². The highest BCUT2D eigenvalue weighted by molar-refractivity contribution is 6.74. The Balaban J connectivity index is 2.00. The third-order valence-electron chi connectivity index (χ3n) is 6.42. The van der Waals surface area contributed by atoms with Gasteiger partial charge in [-0.15, -0.1) is 0 Å². The van der Waals surface area contributed by atoms with Crippen LogP contribution in [-0.4, -0.2) is 45.5 Å². The third kappa shape index (κ3) is 6.55. The molecule has 6 heteroatoms. The van der Waals surface area contributed by atoms with E-state index in [0.717, 1.165) is 6.61 Å². The first-order valence-corrected chi connectivity index (χ1v) is 13.5. The zero-order valence-electron chi connectivity index (χ0n) is 18.4. The van der Waals surface area contributed by atoms with Gasteiger partial charge < -0.3 is 18.6 Å². The second-order valence-electron chi connectivity index (χ2n) is 9.83. The SMILES string of the molecule is CC(=O)O[C@@H]1C[C@@H](OCC2CCCCC2)O[C@H](C)[C@H]1O[Si](C)(C)C(C)(C)C. The van der Waals surface area contributed by atoms with Crippen molar-refractivity contribution < 1.29 is 23.4 Å². The van der Waals surface area contributed by atoms with Gasteiger partial charge in [-0.1, -0.05) is 40.0 Å². The molecule has 1 aliphatic carbocycles. The van der Waals surface area contributed by atoms with E-state index in [9.17, 15) is 4.79 Å². The van der Waals surface area contributed by atoms with Crippen molar-refractivity contribution in [3.8, 4) is 0 Å². The molecular formula is C21H40O5Si. The molecule has 158 valence electrons. The molecule has 1 saturated carbocycles. The maximum atomic E-state index is 11.7. The largest absolute Gasteiger partial charge is 0.460 e. The van der Waals surface area contributed by atoms with E-state index in [4.69, 9.17) is 18.6 Å². The van der Waals surface area contributed by atoms with Gasteiger partial charge >= 0.3 is 5.97 Å². The Kier molecular flexibility index (Phi) is 7.94.